The molecule has 1 N–H and O–H groups in total. The van der Waals surface area contributed by atoms with E-state index >= 15 is 0 Å². The summed E-state index contributed by atoms with van der Waals surface area (Å²) in [4.78, 5) is 0. The van der Waals surface area contributed by atoms with E-state index in [-0.39, 0.29) is 0 Å². The van der Waals surface area contributed by atoms with Crippen molar-refractivity contribution in [2.45, 2.75) is 57.4 Å². The number of benzene rings is 1. The van der Waals surface area contributed by atoms with Crippen LogP contribution in [0.15, 0.2) is 24.3 Å². The summed E-state index contributed by atoms with van der Waals surface area (Å²) in [5.74, 6) is 0.922. The van der Waals surface area contributed by atoms with Crippen molar-refractivity contribution in [3.05, 3.63) is 29.8 Å². The molecule has 17 heavy (non-hydrogen) atoms. The van der Waals surface area contributed by atoms with Crippen LogP contribution in [0.1, 0.15) is 50.5 Å². The first-order chi connectivity index (χ1) is 8.43. The van der Waals surface area contributed by atoms with E-state index in [4.69, 9.17) is 0 Å². The van der Waals surface area contributed by atoms with Crippen LogP contribution >= 0.6 is 0 Å². The van der Waals surface area contributed by atoms with Gasteiger partial charge in [0.05, 0.1) is 0 Å². The van der Waals surface area contributed by atoms with Crippen molar-refractivity contribution >= 4 is 5.69 Å². The molecular formula is C16H23N. The van der Waals surface area contributed by atoms with Crippen molar-refractivity contribution in [2.24, 2.45) is 5.92 Å². The summed E-state index contributed by atoms with van der Waals surface area (Å²) in [5.41, 5.74) is 2.91. The standard InChI is InChI=1S/C16H23N/c1-2-4-8-13(7-3-1)16-12-11-14-9-5-6-10-15(14)17-16/h5-6,9-10,13,16-17H,1-4,7-8,11-12H2. The van der Waals surface area contributed by atoms with E-state index in [0.29, 0.717) is 0 Å². The van der Waals surface area contributed by atoms with Gasteiger partial charge in [-0.25, -0.2) is 0 Å². The van der Waals surface area contributed by atoms with Gasteiger partial charge in [0.25, 0.3) is 0 Å². The fraction of sp³-hybridized carbons (Fsp3) is 0.625. The van der Waals surface area contributed by atoms with Crippen molar-refractivity contribution in [1.29, 1.82) is 0 Å². The Hall–Kier alpha value is -0.980. The average molecular weight is 229 g/mol. The summed E-state index contributed by atoms with van der Waals surface area (Å²) >= 11 is 0. The summed E-state index contributed by atoms with van der Waals surface area (Å²) in [6, 6.07) is 9.57. The van der Waals surface area contributed by atoms with E-state index in [1.807, 2.05) is 0 Å². The van der Waals surface area contributed by atoms with E-state index in [9.17, 15) is 0 Å². The zero-order valence-electron chi connectivity index (χ0n) is 10.6. The fourth-order valence-electron chi connectivity index (χ4n) is 3.53. The number of aryl methyl sites for hydroxylation is 1. The highest BCUT2D eigenvalue weighted by Crippen LogP contribution is 2.33. The average Bonchev–Trinajstić information content (AvgIpc) is 2.67. The minimum absolute atomic E-state index is 0.739. The van der Waals surface area contributed by atoms with Gasteiger partial charge in [-0.05, 0) is 43.2 Å². The van der Waals surface area contributed by atoms with E-state index < -0.39 is 0 Å². The first-order valence-corrected chi connectivity index (χ1v) is 7.28. The van der Waals surface area contributed by atoms with Crippen LogP contribution in [0, 0.1) is 5.92 Å². The largest absolute Gasteiger partial charge is 0.382 e. The van der Waals surface area contributed by atoms with Gasteiger partial charge in [-0.2, -0.15) is 0 Å². The van der Waals surface area contributed by atoms with Gasteiger partial charge in [0, 0.05) is 11.7 Å². The third-order valence-electron chi connectivity index (χ3n) is 4.55. The molecule has 1 aliphatic heterocycles. The lowest BCUT2D eigenvalue weighted by Gasteiger charge is -2.33. The molecule has 3 rings (SSSR count). The van der Waals surface area contributed by atoms with Crippen molar-refractivity contribution < 1.29 is 0 Å². The van der Waals surface area contributed by atoms with Gasteiger partial charge >= 0.3 is 0 Å². The van der Waals surface area contributed by atoms with Crippen LogP contribution < -0.4 is 5.32 Å². The van der Waals surface area contributed by atoms with Crippen LogP contribution in [0.4, 0.5) is 5.69 Å². The number of rotatable bonds is 1. The van der Waals surface area contributed by atoms with Crippen molar-refractivity contribution in [3.8, 4) is 0 Å². The number of fused-ring (bicyclic) bond motifs is 1. The third kappa shape index (κ3) is 2.48. The topological polar surface area (TPSA) is 12.0 Å². The highest BCUT2D eigenvalue weighted by atomic mass is 14.9. The van der Waals surface area contributed by atoms with E-state index in [2.05, 4.69) is 29.6 Å². The molecule has 1 aromatic rings. The van der Waals surface area contributed by atoms with Gasteiger partial charge in [-0.1, -0.05) is 43.9 Å². The van der Waals surface area contributed by atoms with Crippen LogP contribution in [0.3, 0.4) is 0 Å². The minimum Gasteiger partial charge on any atom is -0.382 e. The monoisotopic (exact) mass is 229 g/mol. The molecular weight excluding hydrogens is 206 g/mol. The molecule has 2 aliphatic rings. The fourth-order valence-corrected chi connectivity index (χ4v) is 3.53. The predicted molar refractivity (Wildman–Crippen MR) is 73.4 cm³/mol. The lowest BCUT2D eigenvalue weighted by atomic mass is 9.85. The first kappa shape index (κ1) is 11.1. The van der Waals surface area contributed by atoms with Gasteiger partial charge in [0.2, 0.25) is 0 Å². The Morgan fingerprint density at radius 3 is 2.47 bits per heavy atom. The molecule has 1 heteroatoms. The Kier molecular flexibility index (Phi) is 3.35. The SMILES string of the molecule is c1ccc2c(c1)CCC(C1CCCCCC1)N2. The van der Waals surface area contributed by atoms with Crippen LogP contribution in [-0.4, -0.2) is 6.04 Å². The molecule has 0 saturated heterocycles. The van der Waals surface area contributed by atoms with Crippen LogP contribution in [-0.2, 0) is 6.42 Å². The second-order valence-electron chi connectivity index (χ2n) is 5.70. The molecule has 92 valence electrons. The number of nitrogens with one attached hydrogen (secondary N) is 1. The van der Waals surface area contributed by atoms with Crippen molar-refractivity contribution in [1.82, 2.24) is 0 Å². The molecule has 1 nitrogen and oxygen atoms in total. The first-order valence-electron chi connectivity index (χ1n) is 7.28. The van der Waals surface area contributed by atoms with Crippen molar-refractivity contribution in [2.75, 3.05) is 5.32 Å². The summed E-state index contributed by atoms with van der Waals surface area (Å²) in [6.45, 7) is 0. The number of hydrogen-bond donors (Lipinski definition) is 1. The van der Waals surface area contributed by atoms with Gasteiger partial charge in [0.15, 0.2) is 0 Å². The lowest BCUT2D eigenvalue weighted by Crippen LogP contribution is -2.32. The van der Waals surface area contributed by atoms with Crippen LogP contribution in [0.25, 0.3) is 0 Å². The van der Waals surface area contributed by atoms with Crippen LogP contribution in [0.5, 0.6) is 0 Å². The normalized spacial score (nSPS) is 25.8. The Balaban J connectivity index is 1.70. The lowest BCUT2D eigenvalue weighted by molar-refractivity contribution is 0.373. The van der Waals surface area contributed by atoms with Crippen LogP contribution in [0.2, 0.25) is 0 Å². The molecule has 1 heterocycles. The highest BCUT2D eigenvalue weighted by Gasteiger charge is 2.25. The summed E-state index contributed by atoms with van der Waals surface area (Å²) in [6.07, 6.45) is 11.3. The smallest absolute Gasteiger partial charge is 0.0374 e. The number of anilines is 1. The van der Waals surface area contributed by atoms with Gasteiger partial charge < -0.3 is 5.32 Å². The third-order valence-corrected chi connectivity index (χ3v) is 4.55. The molecule has 1 atom stereocenters. The van der Waals surface area contributed by atoms with Gasteiger partial charge in [-0.15, -0.1) is 0 Å². The zero-order chi connectivity index (χ0) is 11.5. The van der Waals surface area contributed by atoms with E-state index in [1.165, 1.54) is 62.6 Å². The Bertz CT molecular complexity index is 364. The molecule has 1 aliphatic carbocycles. The Morgan fingerprint density at radius 1 is 0.882 bits per heavy atom. The molecule has 1 unspecified atom stereocenters. The maximum Gasteiger partial charge on any atom is 0.0374 e. The van der Waals surface area contributed by atoms with Gasteiger partial charge in [-0.3, -0.25) is 0 Å². The molecule has 1 saturated carbocycles. The summed E-state index contributed by atoms with van der Waals surface area (Å²) in [7, 11) is 0. The second-order valence-corrected chi connectivity index (χ2v) is 5.70. The van der Waals surface area contributed by atoms with Gasteiger partial charge in [0.1, 0.15) is 0 Å². The molecule has 0 aromatic heterocycles. The number of para-hydroxylation sites is 1. The Morgan fingerprint density at radius 2 is 1.65 bits per heavy atom. The van der Waals surface area contributed by atoms with E-state index in [1.54, 1.807) is 0 Å². The summed E-state index contributed by atoms with van der Waals surface area (Å²) < 4.78 is 0. The highest BCUT2D eigenvalue weighted by molar-refractivity contribution is 5.53. The maximum absolute atomic E-state index is 3.79. The Labute approximate surface area is 105 Å². The molecule has 0 spiro atoms. The predicted octanol–water partition coefficient (Wildman–Crippen LogP) is 4.38. The minimum atomic E-state index is 0.739. The maximum atomic E-state index is 3.79. The molecule has 0 radical (unpaired) electrons. The quantitative estimate of drug-likeness (QED) is 0.704. The molecule has 1 fully saturated rings. The zero-order valence-corrected chi connectivity index (χ0v) is 10.6. The second kappa shape index (κ2) is 5.12. The molecule has 0 bridgehead atoms. The molecule has 0 amide bonds. The van der Waals surface area contributed by atoms with E-state index in [0.717, 1.165) is 12.0 Å². The van der Waals surface area contributed by atoms with Crippen molar-refractivity contribution in [3.63, 3.8) is 0 Å². The molecule has 1 aromatic carbocycles. The summed E-state index contributed by atoms with van der Waals surface area (Å²) in [5, 5.41) is 3.79. The number of hydrogen-bond acceptors (Lipinski definition) is 1.